The fourth-order valence-corrected chi connectivity index (χ4v) is 2.02. The average Bonchev–Trinajstić information content (AvgIpc) is 2.49. The smallest absolute Gasteiger partial charge is 0.153 e. The van der Waals surface area contributed by atoms with Gasteiger partial charge in [0.15, 0.2) is 11.5 Å². The summed E-state index contributed by atoms with van der Waals surface area (Å²) in [5.41, 5.74) is 7.30. The van der Waals surface area contributed by atoms with Crippen LogP contribution in [0.2, 0.25) is 0 Å². The highest BCUT2D eigenvalue weighted by Crippen LogP contribution is 2.33. The minimum Gasteiger partial charge on any atom is -0.497 e. The number of benzene rings is 2. The molecule has 0 amide bonds. The minimum absolute atomic E-state index is 0.525. The molecule has 0 aliphatic rings. The second-order valence-electron chi connectivity index (χ2n) is 4.34. The summed E-state index contributed by atoms with van der Waals surface area (Å²) in [5.74, 6) is 1.97. The zero-order valence-electron chi connectivity index (χ0n) is 11.0. The second kappa shape index (κ2) is 5.09. The van der Waals surface area contributed by atoms with Crippen LogP contribution in [0.4, 0.5) is 5.69 Å². The molecule has 0 unspecified atom stereocenters. The SMILES string of the molecule is COc1ccc(Oc2cccc3cccnc23)c(N)c1. The highest BCUT2D eigenvalue weighted by atomic mass is 16.5. The van der Waals surface area contributed by atoms with Gasteiger partial charge in [-0.1, -0.05) is 18.2 Å². The molecule has 0 radical (unpaired) electrons. The fourth-order valence-electron chi connectivity index (χ4n) is 2.02. The summed E-state index contributed by atoms with van der Waals surface area (Å²) in [6, 6.07) is 15.0. The summed E-state index contributed by atoms with van der Waals surface area (Å²) < 4.78 is 11.0. The average molecular weight is 266 g/mol. The maximum absolute atomic E-state index is 5.96. The Morgan fingerprint density at radius 3 is 2.65 bits per heavy atom. The molecule has 0 aliphatic heterocycles. The summed E-state index contributed by atoms with van der Waals surface area (Å²) in [6.45, 7) is 0. The maximum atomic E-state index is 5.96. The molecule has 2 N–H and O–H groups in total. The Labute approximate surface area is 116 Å². The molecule has 1 aromatic heterocycles. The molecule has 0 fully saturated rings. The molecule has 0 saturated carbocycles. The minimum atomic E-state index is 0.525. The van der Waals surface area contributed by atoms with Crippen molar-refractivity contribution in [2.45, 2.75) is 0 Å². The molecule has 0 spiro atoms. The first kappa shape index (κ1) is 12.3. The van der Waals surface area contributed by atoms with Crippen molar-refractivity contribution in [1.29, 1.82) is 0 Å². The molecule has 3 rings (SSSR count). The van der Waals surface area contributed by atoms with Crippen LogP contribution in [0.1, 0.15) is 0 Å². The first-order valence-electron chi connectivity index (χ1n) is 6.23. The molecule has 100 valence electrons. The summed E-state index contributed by atoms with van der Waals surface area (Å²) >= 11 is 0. The van der Waals surface area contributed by atoms with Gasteiger partial charge in [0.2, 0.25) is 0 Å². The first-order valence-corrected chi connectivity index (χ1v) is 6.23. The Kier molecular flexibility index (Phi) is 3.13. The monoisotopic (exact) mass is 266 g/mol. The van der Waals surface area contributed by atoms with E-state index in [-0.39, 0.29) is 0 Å². The number of methoxy groups -OCH3 is 1. The zero-order valence-corrected chi connectivity index (χ0v) is 11.0. The van der Waals surface area contributed by atoms with E-state index >= 15 is 0 Å². The fraction of sp³-hybridized carbons (Fsp3) is 0.0625. The van der Waals surface area contributed by atoms with Gasteiger partial charge in [0.05, 0.1) is 12.8 Å². The van der Waals surface area contributed by atoms with Gasteiger partial charge in [-0.2, -0.15) is 0 Å². The molecule has 0 aliphatic carbocycles. The number of nitrogens with zero attached hydrogens (tertiary/aromatic N) is 1. The molecule has 4 nitrogen and oxygen atoms in total. The van der Waals surface area contributed by atoms with Crippen LogP contribution in [0.5, 0.6) is 17.2 Å². The van der Waals surface area contributed by atoms with Gasteiger partial charge in [-0.3, -0.25) is 4.98 Å². The summed E-state index contributed by atoms with van der Waals surface area (Å²) in [4.78, 5) is 4.35. The van der Waals surface area contributed by atoms with Crippen molar-refractivity contribution in [3.63, 3.8) is 0 Å². The molecule has 0 saturated heterocycles. The largest absolute Gasteiger partial charge is 0.497 e. The lowest BCUT2D eigenvalue weighted by atomic mass is 10.2. The number of rotatable bonds is 3. The van der Waals surface area contributed by atoms with Gasteiger partial charge in [0.1, 0.15) is 11.3 Å². The van der Waals surface area contributed by atoms with Crippen LogP contribution < -0.4 is 15.2 Å². The van der Waals surface area contributed by atoms with Crippen molar-refractivity contribution >= 4 is 16.6 Å². The first-order chi connectivity index (χ1) is 9.78. The Morgan fingerprint density at radius 1 is 1.00 bits per heavy atom. The number of hydrogen-bond acceptors (Lipinski definition) is 4. The van der Waals surface area contributed by atoms with Crippen LogP contribution in [0.25, 0.3) is 10.9 Å². The number of aromatic nitrogens is 1. The quantitative estimate of drug-likeness (QED) is 0.736. The number of ether oxygens (including phenoxy) is 2. The third kappa shape index (κ3) is 2.23. The lowest BCUT2D eigenvalue weighted by Gasteiger charge is -2.11. The van der Waals surface area contributed by atoms with E-state index in [1.807, 2.05) is 36.4 Å². The van der Waals surface area contributed by atoms with E-state index in [4.69, 9.17) is 15.2 Å². The Morgan fingerprint density at radius 2 is 1.85 bits per heavy atom. The highest BCUT2D eigenvalue weighted by Gasteiger charge is 2.07. The van der Waals surface area contributed by atoms with Crippen molar-refractivity contribution in [1.82, 2.24) is 4.98 Å². The van der Waals surface area contributed by atoms with E-state index in [1.54, 1.807) is 25.4 Å². The molecular weight excluding hydrogens is 252 g/mol. The molecule has 4 heteroatoms. The number of pyridine rings is 1. The van der Waals surface area contributed by atoms with E-state index in [1.165, 1.54) is 0 Å². The van der Waals surface area contributed by atoms with Crippen LogP contribution in [0.3, 0.4) is 0 Å². The number of para-hydroxylation sites is 1. The maximum Gasteiger partial charge on any atom is 0.153 e. The summed E-state index contributed by atoms with van der Waals surface area (Å²) in [6.07, 6.45) is 1.74. The normalized spacial score (nSPS) is 10.4. The summed E-state index contributed by atoms with van der Waals surface area (Å²) in [7, 11) is 1.60. The topological polar surface area (TPSA) is 57.4 Å². The highest BCUT2D eigenvalue weighted by molar-refractivity contribution is 5.84. The van der Waals surface area contributed by atoms with Crippen molar-refractivity contribution < 1.29 is 9.47 Å². The molecule has 0 bridgehead atoms. The number of nitrogen functional groups attached to an aromatic ring is 1. The Bertz CT molecular complexity index is 751. The third-order valence-electron chi connectivity index (χ3n) is 3.03. The molecule has 1 heterocycles. The zero-order chi connectivity index (χ0) is 13.9. The van der Waals surface area contributed by atoms with Crippen molar-refractivity contribution in [3.05, 3.63) is 54.7 Å². The van der Waals surface area contributed by atoms with Crippen LogP contribution in [-0.4, -0.2) is 12.1 Å². The predicted molar refractivity (Wildman–Crippen MR) is 79.2 cm³/mol. The molecule has 0 atom stereocenters. The molecule has 20 heavy (non-hydrogen) atoms. The van der Waals surface area contributed by atoms with Crippen LogP contribution in [0, 0.1) is 0 Å². The van der Waals surface area contributed by atoms with Gasteiger partial charge in [-0.05, 0) is 24.3 Å². The summed E-state index contributed by atoms with van der Waals surface area (Å²) in [5, 5.41) is 1.03. The van der Waals surface area contributed by atoms with Crippen molar-refractivity contribution in [2.24, 2.45) is 0 Å². The Hall–Kier alpha value is -2.75. The lowest BCUT2D eigenvalue weighted by Crippen LogP contribution is -1.94. The van der Waals surface area contributed by atoms with E-state index < -0.39 is 0 Å². The van der Waals surface area contributed by atoms with Crippen molar-refractivity contribution in [3.8, 4) is 17.2 Å². The second-order valence-corrected chi connectivity index (χ2v) is 4.34. The Balaban J connectivity index is 2.01. The third-order valence-corrected chi connectivity index (χ3v) is 3.03. The predicted octanol–water partition coefficient (Wildman–Crippen LogP) is 3.62. The van der Waals surface area contributed by atoms with Gasteiger partial charge < -0.3 is 15.2 Å². The lowest BCUT2D eigenvalue weighted by molar-refractivity contribution is 0.413. The van der Waals surface area contributed by atoms with Gasteiger partial charge in [-0.25, -0.2) is 0 Å². The number of nitrogens with two attached hydrogens (primary N) is 1. The molecule has 3 aromatic rings. The van der Waals surface area contributed by atoms with E-state index in [0.29, 0.717) is 22.9 Å². The van der Waals surface area contributed by atoms with Crippen LogP contribution in [-0.2, 0) is 0 Å². The van der Waals surface area contributed by atoms with Gasteiger partial charge in [-0.15, -0.1) is 0 Å². The van der Waals surface area contributed by atoms with Crippen LogP contribution in [0.15, 0.2) is 54.7 Å². The van der Waals surface area contributed by atoms with Gasteiger partial charge in [0.25, 0.3) is 0 Å². The molecular formula is C16H14N2O2. The number of fused-ring (bicyclic) bond motifs is 1. The molecule has 2 aromatic carbocycles. The van der Waals surface area contributed by atoms with Gasteiger partial charge in [0, 0.05) is 17.6 Å². The number of hydrogen-bond donors (Lipinski definition) is 1. The van der Waals surface area contributed by atoms with E-state index in [2.05, 4.69) is 4.98 Å². The van der Waals surface area contributed by atoms with Crippen LogP contribution >= 0.6 is 0 Å². The number of anilines is 1. The standard InChI is InChI=1S/C16H14N2O2/c1-19-12-7-8-14(13(17)10-12)20-15-6-2-4-11-5-3-9-18-16(11)15/h2-10H,17H2,1H3. The van der Waals surface area contributed by atoms with E-state index in [9.17, 15) is 0 Å². The van der Waals surface area contributed by atoms with Crippen molar-refractivity contribution in [2.75, 3.05) is 12.8 Å². The van der Waals surface area contributed by atoms with E-state index in [0.717, 1.165) is 10.9 Å². The van der Waals surface area contributed by atoms with Gasteiger partial charge >= 0.3 is 0 Å².